The van der Waals surface area contributed by atoms with Crippen LogP contribution in [0.4, 0.5) is 5.69 Å². The highest BCUT2D eigenvalue weighted by molar-refractivity contribution is 6.34. The molecule has 1 heterocycles. The van der Waals surface area contributed by atoms with Crippen molar-refractivity contribution in [3.05, 3.63) is 65.2 Å². The summed E-state index contributed by atoms with van der Waals surface area (Å²) < 4.78 is 0. The number of nitrogens with two attached hydrogens (primary N) is 2. The monoisotopic (exact) mass is 335 g/mol. The molecule has 22 heavy (non-hydrogen) atoms. The van der Waals surface area contributed by atoms with Gasteiger partial charge in [0, 0.05) is 0 Å². The molecule has 0 aliphatic carbocycles. The molecule has 4 N–H and O–H groups in total. The van der Waals surface area contributed by atoms with Crippen molar-refractivity contribution in [3.63, 3.8) is 0 Å². The van der Waals surface area contributed by atoms with Crippen LogP contribution in [0.5, 0.6) is 0 Å². The van der Waals surface area contributed by atoms with Crippen molar-refractivity contribution in [2.45, 2.75) is 6.17 Å². The summed E-state index contributed by atoms with van der Waals surface area (Å²) in [5.41, 5.74) is 13.5. The lowest BCUT2D eigenvalue weighted by Crippen LogP contribution is -2.44. The van der Waals surface area contributed by atoms with Gasteiger partial charge in [-0.05, 0) is 17.7 Å². The third-order valence-corrected chi connectivity index (χ3v) is 3.50. The molecule has 0 saturated carbocycles. The van der Waals surface area contributed by atoms with Gasteiger partial charge in [-0.1, -0.05) is 54.1 Å². The Morgan fingerprint density at radius 2 is 1.59 bits per heavy atom. The molecule has 0 spiro atoms. The van der Waals surface area contributed by atoms with Gasteiger partial charge in [0.25, 0.3) is 0 Å². The first-order valence-corrected chi connectivity index (χ1v) is 6.81. The summed E-state index contributed by atoms with van der Waals surface area (Å²) in [7, 11) is 0. The number of guanidine groups is 2. The van der Waals surface area contributed by atoms with E-state index in [-0.39, 0.29) is 30.5 Å². The third-order valence-electron chi connectivity index (χ3n) is 3.18. The van der Waals surface area contributed by atoms with Gasteiger partial charge in [-0.2, -0.15) is 4.99 Å². The average molecular weight is 336 g/mol. The zero-order valence-corrected chi connectivity index (χ0v) is 13.1. The minimum Gasteiger partial charge on any atom is -0.369 e. The summed E-state index contributed by atoms with van der Waals surface area (Å²) in [4.78, 5) is 10.2. The fourth-order valence-electron chi connectivity index (χ4n) is 2.26. The molecule has 0 fully saturated rings. The van der Waals surface area contributed by atoms with Crippen LogP contribution in [0, 0.1) is 0 Å². The smallest absolute Gasteiger partial charge is 0.221 e. The van der Waals surface area contributed by atoms with Crippen molar-refractivity contribution < 1.29 is 0 Å². The number of rotatable bonds is 2. The number of halogens is 2. The van der Waals surface area contributed by atoms with Crippen molar-refractivity contribution in [2.75, 3.05) is 4.90 Å². The van der Waals surface area contributed by atoms with Gasteiger partial charge in [0.05, 0.1) is 10.7 Å². The van der Waals surface area contributed by atoms with E-state index in [2.05, 4.69) is 9.98 Å². The van der Waals surface area contributed by atoms with Gasteiger partial charge in [-0.3, -0.25) is 4.90 Å². The Hall–Kier alpha value is -2.24. The maximum Gasteiger partial charge on any atom is 0.221 e. The van der Waals surface area contributed by atoms with Crippen LogP contribution in [0.1, 0.15) is 11.7 Å². The molecule has 0 amide bonds. The zero-order chi connectivity index (χ0) is 14.8. The molecule has 0 radical (unpaired) electrons. The Morgan fingerprint density at radius 3 is 2.27 bits per heavy atom. The minimum atomic E-state index is -0.386. The predicted octanol–water partition coefficient (Wildman–Crippen LogP) is 2.91. The Morgan fingerprint density at radius 1 is 0.955 bits per heavy atom. The van der Waals surface area contributed by atoms with E-state index >= 15 is 0 Å². The van der Waals surface area contributed by atoms with Crippen LogP contribution in [-0.2, 0) is 0 Å². The Kier molecular flexibility index (Phi) is 4.90. The molecule has 3 rings (SSSR count). The van der Waals surface area contributed by atoms with Crippen LogP contribution in [0.2, 0.25) is 5.02 Å². The van der Waals surface area contributed by atoms with E-state index in [1.165, 1.54) is 0 Å². The number of para-hydroxylation sites is 1. The van der Waals surface area contributed by atoms with Crippen LogP contribution in [0.3, 0.4) is 0 Å². The largest absolute Gasteiger partial charge is 0.369 e. The van der Waals surface area contributed by atoms with Crippen LogP contribution in [-0.4, -0.2) is 11.9 Å². The molecular weight excluding hydrogens is 321 g/mol. The Bertz CT molecular complexity index is 715. The molecule has 5 nitrogen and oxygen atoms in total. The van der Waals surface area contributed by atoms with Crippen molar-refractivity contribution in [2.24, 2.45) is 21.5 Å². The van der Waals surface area contributed by atoms with Gasteiger partial charge in [0.2, 0.25) is 11.9 Å². The predicted molar refractivity (Wildman–Crippen MR) is 93.6 cm³/mol. The average Bonchev–Trinajstić information content (AvgIpc) is 2.49. The van der Waals surface area contributed by atoms with Gasteiger partial charge in [0.15, 0.2) is 6.17 Å². The van der Waals surface area contributed by atoms with Crippen molar-refractivity contribution in [1.29, 1.82) is 0 Å². The molecule has 0 saturated heterocycles. The lowest BCUT2D eigenvalue weighted by Gasteiger charge is -2.33. The van der Waals surface area contributed by atoms with E-state index in [4.69, 9.17) is 23.1 Å². The molecule has 2 aromatic rings. The fraction of sp³-hybridized carbons (Fsp3) is 0.0667. The molecular formula is C15H15Cl2N5. The van der Waals surface area contributed by atoms with Crippen molar-refractivity contribution in [1.82, 2.24) is 0 Å². The van der Waals surface area contributed by atoms with Crippen LogP contribution in [0.25, 0.3) is 0 Å². The van der Waals surface area contributed by atoms with E-state index in [0.717, 1.165) is 11.3 Å². The lowest BCUT2D eigenvalue weighted by atomic mass is 10.1. The van der Waals surface area contributed by atoms with Gasteiger partial charge in [-0.25, -0.2) is 4.99 Å². The Labute approximate surface area is 139 Å². The first-order chi connectivity index (χ1) is 10.2. The number of aliphatic imine (C=N–C) groups is 2. The van der Waals surface area contributed by atoms with Gasteiger partial charge in [-0.15, -0.1) is 12.4 Å². The molecule has 0 aromatic heterocycles. The molecule has 0 bridgehead atoms. The lowest BCUT2D eigenvalue weighted by molar-refractivity contribution is 0.736. The summed E-state index contributed by atoms with van der Waals surface area (Å²) in [6.45, 7) is 0. The van der Waals surface area contributed by atoms with Gasteiger partial charge >= 0.3 is 0 Å². The van der Waals surface area contributed by atoms with Gasteiger partial charge in [0.1, 0.15) is 0 Å². The number of hydrogen-bond donors (Lipinski definition) is 2. The second-order valence-corrected chi connectivity index (χ2v) is 4.97. The third kappa shape index (κ3) is 3.00. The number of hydrogen-bond acceptors (Lipinski definition) is 5. The molecule has 1 unspecified atom stereocenters. The maximum atomic E-state index is 6.28. The number of anilines is 1. The van der Waals surface area contributed by atoms with Crippen LogP contribution >= 0.6 is 24.0 Å². The molecule has 1 atom stereocenters. The van der Waals surface area contributed by atoms with E-state index in [9.17, 15) is 0 Å². The summed E-state index contributed by atoms with van der Waals surface area (Å²) >= 11 is 6.28. The van der Waals surface area contributed by atoms with E-state index in [0.29, 0.717) is 5.02 Å². The quantitative estimate of drug-likeness (QED) is 0.885. The second-order valence-electron chi connectivity index (χ2n) is 4.56. The molecule has 1 aliphatic heterocycles. The molecule has 1 aliphatic rings. The topological polar surface area (TPSA) is 80.0 Å². The standard InChI is InChI=1S/C15H14ClN5.ClH/c16-11-8-4-5-9-12(11)21-13(10-6-2-1-3-7-10)19-14(17)20-15(21)18;/h1-9,13H,(H4,17,18,19,20);1H. The Balaban J connectivity index is 0.00000176. The zero-order valence-electron chi connectivity index (χ0n) is 11.6. The summed E-state index contributed by atoms with van der Waals surface area (Å²) in [6.07, 6.45) is -0.386. The van der Waals surface area contributed by atoms with E-state index in [1.54, 1.807) is 11.0 Å². The summed E-state index contributed by atoms with van der Waals surface area (Å²) in [5, 5.41) is 0.576. The van der Waals surface area contributed by atoms with Crippen LogP contribution < -0.4 is 16.4 Å². The normalized spacial score (nSPS) is 17.3. The highest BCUT2D eigenvalue weighted by Crippen LogP contribution is 2.34. The first-order valence-electron chi connectivity index (χ1n) is 6.43. The highest BCUT2D eigenvalue weighted by atomic mass is 35.5. The maximum absolute atomic E-state index is 6.28. The molecule has 7 heteroatoms. The molecule has 2 aromatic carbocycles. The number of nitrogens with zero attached hydrogens (tertiary/aromatic N) is 3. The van der Waals surface area contributed by atoms with Crippen molar-refractivity contribution in [3.8, 4) is 0 Å². The summed E-state index contributed by atoms with van der Waals surface area (Å²) in [5.74, 6) is 0.425. The second kappa shape index (κ2) is 6.68. The SMILES string of the molecule is Cl.NC1=NC(c2ccccc2)N(c2ccccc2Cl)C(N)=N1. The van der Waals surface area contributed by atoms with Crippen molar-refractivity contribution >= 4 is 41.6 Å². The summed E-state index contributed by atoms with van der Waals surface area (Å²) in [6, 6.07) is 17.2. The highest BCUT2D eigenvalue weighted by Gasteiger charge is 2.28. The van der Waals surface area contributed by atoms with E-state index in [1.807, 2.05) is 48.5 Å². The van der Waals surface area contributed by atoms with Crippen LogP contribution in [0.15, 0.2) is 64.6 Å². The molecule has 114 valence electrons. The minimum absolute atomic E-state index is 0. The first kappa shape index (κ1) is 16.1. The fourth-order valence-corrected chi connectivity index (χ4v) is 2.49. The van der Waals surface area contributed by atoms with E-state index < -0.39 is 0 Å². The van der Waals surface area contributed by atoms with Gasteiger partial charge < -0.3 is 11.5 Å². The number of benzene rings is 2.